The summed E-state index contributed by atoms with van der Waals surface area (Å²) >= 11 is 0. The molecule has 1 aromatic rings. The van der Waals surface area contributed by atoms with Gasteiger partial charge in [0, 0.05) is 6.42 Å². The number of benzene rings is 1. The molecule has 2 N–H and O–H groups in total. The van der Waals surface area contributed by atoms with Crippen LogP contribution in [0.25, 0.3) is 0 Å². The molecule has 1 fully saturated rings. The maximum Gasteiger partial charge on any atom is 0.338 e. The predicted molar refractivity (Wildman–Crippen MR) is 69.0 cm³/mol. The SMILES string of the molecule is COc1ccc(C(=O)OC2CCOC2)cc1S(N)(=O)=O. The van der Waals surface area contributed by atoms with Gasteiger partial charge in [-0.05, 0) is 18.2 Å². The van der Waals surface area contributed by atoms with Gasteiger partial charge in [0.05, 0.1) is 25.9 Å². The average Bonchev–Trinajstić information content (AvgIpc) is 2.89. The van der Waals surface area contributed by atoms with Gasteiger partial charge in [-0.1, -0.05) is 0 Å². The van der Waals surface area contributed by atoms with E-state index in [0.29, 0.717) is 19.6 Å². The Balaban J connectivity index is 2.26. The molecule has 20 heavy (non-hydrogen) atoms. The summed E-state index contributed by atoms with van der Waals surface area (Å²) in [5.41, 5.74) is 0.0988. The van der Waals surface area contributed by atoms with Crippen LogP contribution >= 0.6 is 0 Å². The molecular weight excluding hydrogens is 286 g/mol. The number of sulfonamides is 1. The lowest BCUT2D eigenvalue weighted by molar-refractivity contribution is 0.0270. The molecule has 0 spiro atoms. The number of carbonyl (C=O) groups excluding carboxylic acids is 1. The summed E-state index contributed by atoms with van der Waals surface area (Å²) in [6.07, 6.45) is 0.326. The molecule has 1 unspecified atom stereocenters. The molecule has 1 aromatic carbocycles. The van der Waals surface area contributed by atoms with Crippen LogP contribution in [0, 0.1) is 0 Å². The van der Waals surface area contributed by atoms with Crippen molar-refractivity contribution in [2.45, 2.75) is 17.4 Å². The van der Waals surface area contributed by atoms with Crippen molar-refractivity contribution in [2.75, 3.05) is 20.3 Å². The van der Waals surface area contributed by atoms with Crippen LogP contribution in [0.1, 0.15) is 16.8 Å². The first kappa shape index (κ1) is 14.8. The second-order valence-electron chi connectivity index (χ2n) is 4.30. The van der Waals surface area contributed by atoms with Crippen molar-refractivity contribution in [1.82, 2.24) is 0 Å². The number of hydrogen-bond acceptors (Lipinski definition) is 6. The van der Waals surface area contributed by atoms with Gasteiger partial charge in [0.2, 0.25) is 10.0 Å². The Hall–Kier alpha value is -1.64. The van der Waals surface area contributed by atoms with E-state index in [1.54, 1.807) is 0 Å². The first-order valence-corrected chi connectivity index (χ1v) is 7.46. The molecule has 1 heterocycles. The topological polar surface area (TPSA) is 105 Å². The van der Waals surface area contributed by atoms with E-state index in [1.165, 1.54) is 19.2 Å². The van der Waals surface area contributed by atoms with Crippen molar-refractivity contribution < 1.29 is 27.4 Å². The van der Waals surface area contributed by atoms with Gasteiger partial charge in [-0.25, -0.2) is 18.4 Å². The van der Waals surface area contributed by atoms with Gasteiger partial charge in [-0.2, -0.15) is 0 Å². The van der Waals surface area contributed by atoms with Crippen molar-refractivity contribution in [2.24, 2.45) is 5.14 Å². The summed E-state index contributed by atoms with van der Waals surface area (Å²) in [4.78, 5) is 11.7. The molecule has 0 amide bonds. The molecule has 8 heteroatoms. The van der Waals surface area contributed by atoms with Crippen molar-refractivity contribution >= 4 is 16.0 Å². The van der Waals surface area contributed by atoms with Crippen LogP contribution in [0.3, 0.4) is 0 Å². The molecule has 0 aliphatic carbocycles. The monoisotopic (exact) mass is 301 g/mol. The highest BCUT2D eigenvalue weighted by atomic mass is 32.2. The lowest BCUT2D eigenvalue weighted by atomic mass is 10.2. The number of ether oxygens (including phenoxy) is 3. The molecular formula is C12H15NO6S. The summed E-state index contributed by atoms with van der Waals surface area (Å²) in [5.74, 6) is -0.540. The number of esters is 1. The molecule has 1 aliphatic heterocycles. The third-order valence-electron chi connectivity index (χ3n) is 2.87. The Kier molecular flexibility index (Phi) is 4.26. The predicted octanol–water partition coefficient (Wildman–Crippen LogP) is 0.288. The highest BCUT2D eigenvalue weighted by Crippen LogP contribution is 2.24. The molecule has 0 aromatic heterocycles. The second-order valence-corrected chi connectivity index (χ2v) is 5.83. The summed E-state index contributed by atoms with van der Waals surface area (Å²) in [6.45, 7) is 0.896. The largest absolute Gasteiger partial charge is 0.495 e. The standard InChI is InChI=1S/C12H15NO6S/c1-17-10-3-2-8(6-11(10)20(13,15)16)12(14)19-9-4-5-18-7-9/h2-3,6,9H,4-5,7H2,1H3,(H2,13,15,16). The third-order valence-corrected chi connectivity index (χ3v) is 3.80. The lowest BCUT2D eigenvalue weighted by Gasteiger charge is -2.12. The van der Waals surface area contributed by atoms with Gasteiger partial charge < -0.3 is 14.2 Å². The molecule has 0 saturated carbocycles. The molecule has 7 nitrogen and oxygen atoms in total. The van der Waals surface area contributed by atoms with Crippen LogP contribution in [-0.4, -0.2) is 40.8 Å². The van der Waals surface area contributed by atoms with Crippen molar-refractivity contribution in [3.8, 4) is 5.75 Å². The number of methoxy groups -OCH3 is 1. The fourth-order valence-electron chi connectivity index (χ4n) is 1.85. The average molecular weight is 301 g/mol. The molecule has 0 radical (unpaired) electrons. The Labute approximate surface area is 116 Å². The number of nitrogens with two attached hydrogens (primary N) is 1. The fraction of sp³-hybridized carbons (Fsp3) is 0.417. The van der Waals surface area contributed by atoms with Crippen LogP contribution in [0.4, 0.5) is 0 Å². The van der Waals surface area contributed by atoms with Crippen LogP contribution < -0.4 is 9.88 Å². The number of primary sulfonamides is 1. The van der Waals surface area contributed by atoms with Crippen molar-refractivity contribution in [3.05, 3.63) is 23.8 Å². The molecule has 1 aliphatic rings. The number of hydrogen-bond donors (Lipinski definition) is 1. The first-order chi connectivity index (χ1) is 9.41. The van der Waals surface area contributed by atoms with Crippen molar-refractivity contribution in [3.63, 3.8) is 0 Å². The minimum Gasteiger partial charge on any atom is -0.495 e. The van der Waals surface area contributed by atoms with E-state index in [4.69, 9.17) is 19.3 Å². The van der Waals surface area contributed by atoms with E-state index in [0.717, 1.165) is 6.07 Å². The molecule has 110 valence electrons. The molecule has 1 saturated heterocycles. The zero-order valence-electron chi connectivity index (χ0n) is 10.9. The second kappa shape index (κ2) is 5.78. The normalized spacial score (nSPS) is 18.8. The Bertz CT molecular complexity index is 606. The Morgan fingerprint density at radius 2 is 2.20 bits per heavy atom. The summed E-state index contributed by atoms with van der Waals surface area (Å²) < 4.78 is 38.1. The van der Waals surface area contributed by atoms with E-state index in [1.807, 2.05) is 0 Å². The van der Waals surface area contributed by atoms with Crippen LogP contribution in [0.2, 0.25) is 0 Å². The van der Waals surface area contributed by atoms with E-state index in [-0.39, 0.29) is 22.3 Å². The number of carbonyl (C=O) groups is 1. The summed E-state index contributed by atoms with van der Waals surface area (Å²) in [6, 6.07) is 3.93. The zero-order valence-corrected chi connectivity index (χ0v) is 11.7. The fourth-order valence-corrected chi connectivity index (χ4v) is 2.57. The van der Waals surface area contributed by atoms with Crippen LogP contribution in [-0.2, 0) is 19.5 Å². The Morgan fingerprint density at radius 1 is 1.45 bits per heavy atom. The minimum absolute atomic E-state index is 0.0771. The van der Waals surface area contributed by atoms with Gasteiger partial charge >= 0.3 is 5.97 Å². The highest BCUT2D eigenvalue weighted by molar-refractivity contribution is 7.89. The van der Waals surface area contributed by atoms with Gasteiger partial charge in [-0.3, -0.25) is 0 Å². The molecule has 2 rings (SSSR count). The smallest absolute Gasteiger partial charge is 0.338 e. The summed E-state index contributed by atoms with van der Waals surface area (Å²) in [5, 5.41) is 5.09. The quantitative estimate of drug-likeness (QED) is 0.801. The van der Waals surface area contributed by atoms with Gasteiger partial charge in [-0.15, -0.1) is 0 Å². The van der Waals surface area contributed by atoms with Gasteiger partial charge in [0.25, 0.3) is 0 Å². The van der Waals surface area contributed by atoms with Crippen LogP contribution in [0.5, 0.6) is 5.75 Å². The van der Waals surface area contributed by atoms with Gasteiger partial charge in [0.1, 0.15) is 16.7 Å². The van der Waals surface area contributed by atoms with E-state index < -0.39 is 16.0 Å². The van der Waals surface area contributed by atoms with E-state index in [2.05, 4.69) is 0 Å². The third kappa shape index (κ3) is 3.27. The Morgan fingerprint density at radius 3 is 2.75 bits per heavy atom. The van der Waals surface area contributed by atoms with Gasteiger partial charge in [0.15, 0.2) is 0 Å². The lowest BCUT2D eigenvalue weighted by Crippen LogP contribution is -2.19. The minimum atomic E-state index is -3.99. The summed E-state index contributed by atoms with van der Waals surface area (Å²) in [7, 11) is -2.67. The maximum absolute atomic E-state index is 11.9. The molecule has 1 atom stereocenters. The number of rotatable bonds is 4. The van der Waals surface area contributed by atoms with E-state index in [9.17, 15) is 13.2 Å². The maximum atomic E-state index is 11.9. The van der Waals surface area contributed by atoms with Crippen molar-refractivity contribution in [1.29, 1.82) is 0 Å². The first-order valence-electron chi connectivity index (χ1n) is 5.91. The zero-order chi connectivity index (χ0) is 14.8. The van der Waals surface area contributed by atoms with Crippen LogP contribution in [0.15, 0.2) is 23.1 Å². The molecule has 0 bridgehead atoms. The highest BCUT2D eigenvalue weighted by Gasteiger charge is 2.23. The van der Waals surface area contributed by atoms with E-state index >= 15 is 0 Å².